The molecule has 0 radical (unpaired) electrons. The molecule has 0 saturated heterocycles. The molecular weight excluding hydrogens is 1890 g/mol. The molecule has 0 atom stereocenters. The minimum atomic E-state index is -0.345. The minimum absolute atomic E-state index is 0.345. The highest BCUT2D eigenvalue weighted by atomic mass is 79.9. The average Bonchev–Trinajstić information content (AvgIpc) is 0.780. The Morgan fingerprint density at radius 1 is 0.231 bits per heavy atom. The number of fused-ring (bicyclic) bond motifs is 6. The highest BCUT2D eigenvalue weighted by molar-refractivity contribution is 9.10. The Bertz CT molecular complexity index is 7930. The molecule has 14 heterocycles. The number of anilines is 12. The van der Waals surface area contributed by atoms with E-state index in [1.807, 2.05) is 279 Å². The lowest BCUT2D eigenvalue weighted by molar-refractivity contribution is 0.630. The second-order valence-electron chi connectivity index (χ2n) is 31.3. The van der Waals surface area contributed by atoms with Gasteiger partial charge >= 0.3 is 0 Å². The van der Waals surface area contributed by atoms with Crippen molar-refractivity contribution in [2.24, 2.45) is 0 Å². The van der Waals surface area contributed by atoms with Gasteiger partial charge in [-0.1, -0.05) is 209 Å². The maximum absolute atomic E-state index is 14.1. The van der Waals surface area contributed by atoms with E-state index in [1.54, 1.807) is 129 Å². The van der Waals surface area contributed by atoms with Crippen LogP contribution in [-0.4, -0.2) is 105 Å². The minimum Gasteiger partial charge on any atom is -0.340 e. The van der Waals surface area contributed by atoms with Gasteiger partial charge in [0.25, 0.3) is 0 Å². The van der Waals surface area contributed by atoms with Crippen molar-refractivity contribution in [1.29, 1.82) is 0 Å². The lowest BCUT2D eigenvalue weighted by atomic mass is 10.1. The first-order valence-corrected chi connectivity index (χ1v) is 46.3. The van der Waals surface area contributed by atoms with Crippen LogP contribution in [0.25, 0.3) is 134 Å². The van der Waals surface area contributed by atoms with Crippen molar-refractivity contribution in [3.8, 4) is 68.3 Å². The number of hydrogen-bond donors (Lipinski definition) is 6. The number of pyridine rings is 7. The van der Waals surface area contributed by atoms with Crippen molar-refractivity contribution in [1.82, 2.24) is 105 Å². The lowest BCUT2D eigenvalue weighted by Crippen LogP contribution is -2.01. The van der Waals surface area contributed by atoms with Crippen LogP contribution in [0, 0.1) is 12.7 Å². The number of benzene rings is 10. The second kappa shape index (κ2) is 45.4. The van der Waals surface area contributed by atoms with Crippen LogP contribution in [-0.2, 0) is 0 Å². The summed E-state index contributed by atoms with van der Waals surface area (Å²) in [4.78, 5) is 92.9. The molecule has 690 valence electrons. The summed E-state index contributed by atoms with van der Waals surface area (Å²) in [6, 6.07) is 106. The number of hydrogen-bond acceptors (Lipinski definition) is 27. The van der Waals surface area contributed by atoms with Crippen LogP contribution in [0.5, 0.6) is 0 Å². The molecule has 6 N–H and O–H groups in total. The summed E-state index contributed by atoms with van der Waals surface area (Å²) in [5, 5.41) is 25.6. The smallest absolute Gasteiger partial charge is 0.184 e. The van der Waals surface area contributed by atoms with Crippen molar-refractivity contribution in [3.63, 3.8) is 0 Å². The lowest BCUT2D eigenvalue weighted by Gasteiger charge is -2.12. The summed E-state index contributed by atoms with van der Waals surface area (Å²) in [5.41, 5.74) is 16.7. The third-order valence-corrected chi connectivity index (χ3v) is 23.1. The molecule has 24 rings (SSSR count). The zero-order chi connectivity index (χ0) is 97.3. The van der Waals surface area contributed by atoms with Gasteiger partial charge in [-0.25, -0.2) is 79.2 Å². The average molecular weight is 1970 g/mol. The van der Waals surface area contributed by atoms with E-state index in [9.17, 15) is 4.39 Å². The van der Waals surface area contributed by atoms with Crippen LogP contribution in [0.2, 0.25) is 10.0 Å². The first-order chi connectivity index (χ1) is 70.4. The summed E-state index contributed by atoms with van der Waals surface area (Å²) in [7, 11) is 0. The fourth-order valence-electron chi connectivity index (χ4n) is 14.9. The third-order valence-electron chi connectivity index (χ3n) is 21.7. The molecule has 0 amide bonds. The van der Waals surface area contributed by atoms with Crippen molar-refractivity contribution in [3.05, 3.63) is 453 Å². The molecule has 0 aliphatic rings. The quantitative estimate of drug-likeness (QED) is 0.0465. The van der Waals surface area contributed by atoms with Gasteiger partial charge in [0.05, 0.1) is 48.6 Å². The molecule has 24 aromatic rings. The van der Waals surface area contributed by atoms with Gasteiger partial charge in [-0.05, 0) is 176 Å². The molecule has 0 saturated carbocycles. The number of para-hydroxylation sites is 4. The molecule has 0 unspecified atom stereocenters. The molecule has 0 spiro atoms. The van der Waals surface area contributed by atoms with Crippen LogP contribution >= 0.6 is 39.1 Å². The molecular formula is C112H79BrCl2FN27. The highest BCUT2D eigenvalue weighted by Crippen LogP contribution is 2.39. The molecule has 0 aliphatic carbocycles. The van der Waals surface area contributed by atoms with Gasteiger partial charge in [-0.3, -0.25) is 29.9 Å². The molecule has 31 heteroatoms. The van der Waals surface area contributed by atoms with E-state index >= 15 is 0 Å². The van der Waals surface area contributed by atoms with Crippen LogP contribution in [0.3, 0.4) is 0 Å². The van der Waals surface area contributed by atoms with Gasteiger partial charge in [0.2, 0.25) is 0 Å². The second-order valence-corrected chi connectivity index (χ2v) is 33.0. The fraction of sp³-hybridized carbons (Fsp3) is 0.00893. The van der Waals surface area contributed by atoms with Crippen LogP contribution in [0.4, 0.5) is 73.4 Å². The summed E-state index contributed by atoms with van der Waals surface area (Å²) in [6.45, 7) is 2.07. The maximum atomic E-state index is 14.1. The Kier molecular flexibility index (Phi) is 29.6. The standard InChI is InChI=1S/C20H16N4.C19H13BrN4.C19H12Cl2N4.C19H13FN4.C18H13N5.C17H12N6/c1-14-6-2-3-7-16(14)19-23-18-9-5-4-8-17(18)20(24-19)22-15-10-12-21-13-11-15;20-16-7-3-1-5-14(16)18-23-17-8-4-2-6-15(17)19(24-18)22-13-9-11-21-12-10-13;20-14-5-3-6-15(21)17(14)19-24-16-7-2-1-4-13(16)18(25-19)23-12-8-10-22-11-9-12;20-16-7-3-1-5-14(16)18-23-17-8-4-2-6-15(17)19(24-18)22-13-9-11-21-12-10-13;1-2-5-13(6-3-1)16-22-17-15(7-4-10-20-17)18(23-16)21-14-8-11-19-12-9-14;1-2-4-12(5-3-1)15-22-16-14(19-10-11-20-16)17(23-15)21-13-6-8-18-9-7-13/h2-13H,1H3,(H,21,22,23,24);1-12H,(H,21,22,23,24);1-11H,(H,22,23,24,25);1-12H,(H,21,22,23,24);1-12H,(H,19,20,21,22,23);1-11H,(H,18,20,21,22,23). The predicted molar refractivity (Wildman–Crippen MR) is 571 cm³/mol. The van der Waals surface area contributed by atoms with E-state index in [0.29, 0.717) is 84.6 Å². The van der Waals surface area contributed by atoms with E-state index in [2.05, 4.69) is 152 Å². The van der Waals surface area contributed by atoms with E-state index in [-0.39, 0.29) is 5.82 Å². The van der Waals surface area contributed by atoms with E-state index in [1.165, 1.54) is 6.07 Å². The summed E-state index contributed by atoms with van der Waals surface area (Å²) < 4.78 is 15.1. The van der Waals surface area contributed by atoms with Crippen LogP contribution in [0.15, 0.2) is 431 Å². The Labute approximate surface area is 836 Å². The Balaban J connectivity index is 0.000000109. The molecule has 10 aromatic carbocycles. The van der Waals surface area contributed by atoms with E-state index < -0.39 is 0 Å². The Morgan fingerprint density at radius 2 is 0.538 bits per heavy atom. The van der Waals surface area contributed by atoms with E-state index in [0.717, 1.165) is 139 Å². The number of rotatable bonds is 18. The van der Waals surface area contributed by atoms with E-state index in [4.69, 9.17) is 43.1 Å². The monoisotopic (exact) mass is 1970 g/mol. The maximum Gasteiger partial charge on any atom is 0.184 e. The normalized spacial score (nSPS) is 10.7. The van der Waals surface area contributed by atoms with Crippen LogP contribution in [0.1, 0.15) is 5.56 Å². The van der Waals surface area contributed by atoms with Crippen molar-refractivity contribution >= 4 is 174 Å². The van der Waals surface area contributed by atoms with Crippen LogP contribution < -0.4 is 31.9 Å². The zero-order valence-corrected chi connectivity index (χ0v) is 78.9. The Morgan fingerprint density at radius 3 is 0.965 bits per heavy atom. The highest BCUT2D eigenvalue weighted by Gasteiger charge is 2.21. The van der Waals surface area contributed by atoms with Crippen molar-refractivity contribution in [2.75, 3.05) is 31.9 Å². The molecule has 143 heavy (non-hydrogen) atoms. The zero-order valence-electron chi connectivity index (χ0n) is 75.8. The molecule has 0 aliphatic heterocycles. The van der Waals surface area contributed by atoms with Crippen molar-refractivity contribution in [2.45, 2.75) is 6.92 Å². The number of nitrogens with zero attached hydrogens (tertiary/aromatic N) is 21. The van der Waals surface area contributed by atoms with Gasteiger partial charge in [0.1, 0.15) is 34.9 Å². The number of nitrogens with one attached hydrogen (secondary N) is 6. The Hall–Kier alpha value is -18.8. The summed E-state index contributed by atoms with van der Waals surface area (Å²) in [6.07, 6.45) is 25.8. The van der Waals surface area contributed by atoms with Crippen molar-refractivity contribution < 1.29 is 4.39 Å². The summed E-state index contributed by atoms with van der Waals surface area (Å²) in [5.74, 6) is 7.37. The van der Waals surface area contributed by atoms with Gasteiger partial charge in [0, 0.05) is 175 Å². The fourth-order valence-corrected chi connectivity index (χ4v) is 15.9. The van der Waals surface area contributed by atoms with Gasteiger partial charge < -0.3 is 31.9 Å². The molecule has 27 nitrogen and oxygen atoms in total. The SMILES string of the molecule is Brc1ccccc1-c1nc(Nc2ccncc2)c2ccccc2n1.Cc1ccccc1-c1nc(Nc2ccncc2)c2ccccc2n1.Clc1cccc(Cl)c1-c1nc(Nc2ccncc2)c2ccccc2n1.Fc1ccccc1-c1nc(Nc2ccncc2)c2ccccc2n1.c1ccc(-c2nc(Nc3ccncc3)c3cccnc3n2)cc1.c1ccc(-c2nc(Nc3ccncc3)c3nccnc3n2)cc1. The topological polar surface area (TPSA) is 343 Å². The first-order valence-electron chi connectivity index (χ1n) is 44.8. The predicted octanol–water partition coefficient (Wildman–Crippen LogP) is 27.3. The largest absolute Gasteiger partial charge is 0.340 e. The molecule has 0 fully saturated rings. The van der Waals surface area contributed by atoms with Gasteiger partial charge in [-0.15, -0.1) is 0 Å². The molecule has 14 aromatic heterocycles. The number of aryl methyl sites for hydroxylation is 1. The third kappa shape index (κ3) is 23.4. The number of halogens is 4. The first kappa shape index (κ1) is 93.2. The molecule has 0 bridgehead atoms. The number of aromatic nitrogens is 21. The van der Waals surface area contributed by atoms with Gasteiger partial charge in [0.15, 0.2) is 57.6 Å². The van der Waals surface area contributed by atoms with Gasteiger partial charge in [-0.2, -0.15) is 0 Å². The summed E-state index contributed by atoms with van der Waals surface area (Å²) >= 11 is 16.2.